The highest BCUT2D eigenvalue weighted by atomic mass is 28.4. The Morgan fingerprint density at radius 3 is 2.00 bits per heavy atom. The normalized spacial score (nSPS) is 12.6. The molecule has 0 amide bonds. The van der Waals surface area contributed by atoms with E-state index in [1.807, 2.05) is 12.1 Å². The molecule has 0 saturated heterocycles. The zero-order chi connectivity index (χ0) is 14.0. The summed E-state index contributed by atoms with van der Waals surface area (Å²) in [5.74, 6) is 0. The number of hydrogen-bond donors (Lipinski definition) is 2. The van der Waals surface area contributed by atoms with Crippen LogP contribution in [0, 0.1) is 0 Å². The Morgan fingerprint density at radius 2 is 1.61 bits per heavy atom. The first kappa shape index (κ1) is 15.4. The van der Waals surface area contributed by atoms with Crippen molar-refractivity contribution in [2.75, 3.05) is 0 Å². The van der Waals surface area contributed by atoms with Crippen LogP contribution in [-0.2, 0) is 11.0 Å². The maximum Gasteiger partial charge on any atom is 0.488 e. The molecule has 0 spiro atoms. The van der Waals surface area contributed by atoms with Crippen molar-refractivity contribution in [1.29, 1.82) is 0 Å². The summed E-state index contributed by atoms with van der Waals surface area (Å²) in [5, 5.41) is 18.2. The number of hydrogen-bond acceptors (Lipinski definition) is 3. The highest BCUT2D eigenvalue weighted by molar-refractivity contribution is 6.74. The van der Waals surface area contributed by atoms with Gasteiger partial charge in [0, 0.05) is 0 Å². The van der Waals surface area contributed by atoms with E-state index >= 15 is 0 Å². The Labute approximate surface area is 111 Å². The van der Waals surface area contributed by atoms with Gasteiger partial charge >= 0.3 is 7.12 Å². The van der Waals surface area contributed by atoms with Crippen LogP contribution >= 0.6 is 0 Å². The average Bonchev–Trinajstić information content (AvgIpc) is 2.25. The fourth-order valence-electron chi connectivity index (χ4n) is 1.27. The zero-order valence-electron chi connectivity index (χ0n) is 11.9. The minimum absolute atomic E-state index is 0.203. The van der Waals surface area contributed by atoms with Crippen LogP contribution in [0.15, 0.2) is 24.3 Å². The van der Waals surface area contributed by atoms with Gasteiger partial charge in [0.25, 0.3) is 0 Å². The standard InChI is InChI=1S/C13H23BO3Si/c1-13(2,3)18(4,5)17-10-11-6-8-12(9-7-11)14(15)16/h6-9,15-16H,10H2,1-5H3. The Morgan fingerprint density at radius 1 is 1.11 bits per heavy atom. The van der Waals surface area contributed by atoms with Crippen LogP contribution in [0.1, 0.15) is 26.3 Å². The predicted molar refractivity (Wildman–Crippen MR) is 78.3 cm³/mol. The van der Waals surface area contributed by atoms with Crippen molar-refractivity contribution in [3.63, 3.8) is 0 Å². The summed E-state index contributed by atoms with van der Waals surface area (Å²) in [6.07, 6.45) is 0. The second-order valence-electron chi connectivity index (χ2n) is 6.16. The molecule has 1 aromatic rings. The van der Waals surface area contributed by atoms with Gasteiger partial charge in [0.1, 0.15) is 0 Å². The van der Waals surface area contributed by atoms with Crippen LogP contribution in [0.3, 0.4) is 0 Å². The molecule has 2 N–H and O–H groups in total. The summed E-state index contributed by atoms with van der Waals surface area (Å²) in [5.41, 5.74) is 1.57. The molecular weight excluding hydrogens is 243 g/mol. The molecule has 5 heteroatoms. The molecule has 0 bridgehead atoms. The number of rotatable bonds is 4. The Hall–Kier alpha value is -0.618. The fraction of sp³-hybridized carbons (Fsp3) is 0.538. The van der Waals surface area contributed by atoms with Crippen molar-refractivity contribution < 1.29 is 14.5 Å². The van der Waals surface area contributed by atoms with Crippen LogP contribution in [0.4, 0.5) is 0 Å². The molecule has 0 unspecified atom stereocenters. The van der Waals surface area contributed by atoms with E-state index in [0.717, 1.165) is 5.56 Å². The predicted octanol–water partition coefficient (Wildman–Crippen LogP) is 1.89. The first-order chi connectivity index (χ1) is 8.13. The van der Waals surface area contributed by atoms with Gasteiger partial charge in [0.15, 0.2) is 8.32 Å². The first-order valence-corrected chi connectivity index (χ1v) is 9.13. The molecule has 0 atom stereocenters. The van der Waals surface area contributed by atoms with Crippen LogP contribution in [0.25, 0.3) is 0 Å². The molecule has 0 aliphatic carbocycles. The smallest absolute Gasteiger partial charge is 0.423 e. The van der Waals surface area contributed by atoms with Gasteiger partial charge in [-0.3, -0.25) is 0 Å². The van der Waals surface area contributed by atoms with E-state index < -0.39 is 15.4 Å². The molecule has 1 aromatic carbocycles. The van der Waals surface area contributed by atoms with E-state index in [4.69, 9.17) is 14.5 Å². The quantitative estimate of drug-likeness (QED) is 0.818. The lowest BCUT2D eigenvalue weighted by atomic mass is 9.80. The highest BCUT2D eigenvalue weighted by Crippen LogP contribution is 2.36. The van der Waals surface area contributed by atoms with Crippen LogP contribution in [-0.4, -0.2) is 25.5 Å². The summed E-state index contributed by atoms with van der Waals surface area (Å²) >= 11 is 0. The summed E-state index contributed by atoms with van der Waals surface area (Å²) in [4.78, 5) is 0. The lowest BCUT2D eigenvalue weighted by Crippen LogP contribution is -2.40. The van der Waals surface area contributed by atoms with Crippen molar-refractivity contribution >= 4 is 20.9 Å². The lowest BCUT2D eigenvalue weighted by Gasteiger charge is -2.36. The fourth-order valence-corrected chi connectivity index (χ4v) is 2.23. The van der Waals surface area contributed by atoms with E-state index in [2.05, 4.69) is 33.9 Å². The second kappa shape index (κ2) is 5.57. The molecule has 0 radical (unpaired) electrons. The van der Waals surface area contributed by atoms with Gasteiger partial charge in [-0.25, -0.2) is 0 Å². The third kappa shape index (κ3) is 3.95. The van der Waals surface area contributed by atoms with Crippen molar-refractivity contribution in [3.8, 4) is 0 Å². The van der Waals surface area contributed by atoms with Gasteiger partial charge < -0.3 is 14.5 Å². The summed E-state index contributed by atoms with van der Waals surface area (Å²) in [6, 6.07) is 7.19. The molecule has 0 heterocycles. The van der Waals surface area contributed by atoms with Crippen molar-refractivity contribution in [3.05, 3.63) is 29.8 Å². The van der Waals surface area contributed by atoms with E-state index in [-0.39, 0.29) is 5.04 Å². The molecule has 0 aliphatic rings. The van der Waals surface area contributed by atoms with Gasteiger partial charge in [0.05, 0.1) is 6.61 Å². The second-order valence-corrected chi connectivity index (χ2v) is 11.0. The molecule has 0 saturated carbocycles. The lowest BCUT2D eigenvalue weighted by molar-refractivity contribution is 0.276. The zero-order valence-corrected chi connectivity index (χ0v) is 12.9. The van der Waals surface area contributed by atoms with Crippen LogP contribution in [0.2, 0.25) is 18.1 Å². The molecule has 0 fully saturated rings. The van der Waals surface area contributed by atoms with Crippen molar-refractivity contribution in [2.45, 2.75) is 45.5 Å². The Kier molecular flexibility index (Phi) is 4.78. The number of benzene rings is 1. The SMILES string of the molecule is CC(C)(C)[Si](C)(C)OCc1ccc(B(O)O)cc1. The van der Waals surface area contributed by atoms with Gasteiger partial charge in [0.2, 0.25) is 0 Å². The monoisotopic (exact) mass is 266 g/mol. The van der Waals surface area contributed by atoms with Crippen LogP contribution < -0.4 is 5.46 Å². The molecular formula is C13H23BO3Si. The minimum Gasteiger partial charge on any atom is -0.423 e. The maximum absolute atomic E-state index is 9.01. The van der Waals surface area contributed by atoms with Gasteiger partial charge in [-0.1, -0.05) is 45.0 Å². The summed E-state index contributed by atoms with van der Waals surface area (Å²) in [7, 11) is -3.12. The summed E-state index contributed by atoms with van der Waals surface area (Å²) < 4.78 is 6.09. The first-order valence-electron chi connectivity index (χ1n) is 6.22. The molecule has 1 rings (SSSR count). The van der Waals surface area contributed by atoms with E-state index in [1.54, 1.807) is 12.1 Å². The maximum atomic E-state index is 9.01. The third-order valence-corrected chi connectivity index (χ3v) is 8.16. The van der Waals surface area contributed by atoms with Gasteiger partial charge in [-0.05, 0) is 29.2 Å². The summed E-state index contributed by atoms with van der Waals surface area (Å²) in [6.45, 7) is 11.7. The molecule has 18 heavy (non-hydrogen) atoms. The Balaban J connectivity index is 2.64. The largest absolute Gasteiger partial charge is 0.488 e. The molecule has 100 valence electrons. The average molecular weight is 266 g/mol. The van der Waals surface area contributed by atoms with Gasteiger partial charge in [-0.2, -0.15) is 0 Å². The molecule has 0 aliphatic heterocycles. The van der Waals surface area contributed by atoms with E-state index in [1.165, 1.54) is 0 Å². The van der Waals surface area contributed by atoms with Gasteiger partial charge in [-0.15, -0.1) is 0 Å². The highest BCUT2D eigenvalue weighted by Gasteiger charge is 2.36. The van der Waals surface area contributed by atoms with Crippen molar-refractivity contribution in [1.82, 2.24) is 0 Å². The minimum atomic E-state index is -1.72. The Bertz CT molecular complexity index is 382. The molecule has 3 nitrogen and oxygen atoms in total. The van der Waals surface area contributed by atoms with E-state index in [0.29, 0.717) is 12.1 Å². The van der Waals surface area contributed by atoms with E-state index in [9.17, 15) is 0 Å². The topological polar surface area (TPSA) is 49.7 Å². The third-order valence-electron chi connectivity index (χ3n) is 3.68. The van der Waals surface area contributed by atoms with Crippen molar-refractivity contribution in [2.24, 2.45) is 0 Å². The van der Waals surface area contributed by atoms with Crippen LogP contribution in [0.5, 0.6) is 0 Å². The molecule has 0 aromatic heterocycles.